The second kappa shape index (κ2) is 6.42. The van der Waals surface area contributed by atoms with Crippen LogP contribution in [-0.4, -0.2) is 31.6 Å². The highest BCUT2D eigenvalue weighted by molar-refractivity contribution is 7.93. The fourth-order valence-corrected chi connectivity index (χ4v) is 4.62. The number of sulfonamides is 1. The maximum absolute atomic E-state index is 12.4. The van der Waals surface area contributed by atoms with Crippen LogP contribution in [0.2, 0.25) is 0 Å². The van der Waals surface area contributed by atoms with Crippen LogP contribution < -0.4 is 9.62 Å². The zero-order valence-corrected chi connectivity index (χ0v) is 14.7. The van der Waals surface area contributed by atoms with Gasteiger partial charge in [0.05, 0.1) is 17.0 Å². The van der Waals surface area contributed by atoms with Gasteiger partial charge in [-0.2, -0.15) is 0 Å². The molecule has 1 aliphatic rings. The van der Waals surface area contributed by atoms with Crippen LogP contribution in [0.15, 0.2) is 60.8 Å². The first kappa shape index (κ1) is 16.5. The van der Waals surface area contributed by atoms with E-state index >= 15 is 0 Å². The van der Waals surface area contributed by atoms with Crippen molar-refractivity contribution in [1.29, 1.82) is 0 Å². The molecule has 1 N–H and O–H groups in total. The summed E-state index contributed by atoms with van der Waals surface area (Å²) in [4.78, 5) is 16.7. The first-order valence-electron chi connectivity index (χ1n) is 8.30. The molecule has 1 aromatic heterocycles. The second-order valence-electron chi connectivity index (χ2n) is 6.15. The van der Waals surface area contributed by atoms with Crippen LogP contribution in [0.3, 0.4) is 0 Å². The van der Waals surface area contributed by atoms with Crippen LogP contribution >= 0.6 is 0 Å². The fourth-order valence-electron chi connectivity index (χ4n) is 3.06. The van der Waals surface area contributed by atoms with Gasteiger partial charge in [0.2, 0.25) is 10.0 Å². The van der Waals surface area contributed by atoms with Gasteiger partial charge in [-0.25, -0.2) is 8.42 Å². The normalized spacial score (nSPS) is 15.9. The Kier molecular flexibility index (Phi) is 4.08. The van der Waals surface area contributed by atoms with Crippen LogP contribution in [0.25, 0.3) is 10.9 Å². The van der Waals surface area contributed by atoms with E-state index in [9.17, 15) is 13.2 Å². The molecule has 0 saturated carbocycles. The van der Waals surface area contributed by atoms with Gasteiger partial charge in [0.25, 0.3) is 5.91 Å². The number of carbonyl (C=O) groups excluding carboxylic acids is 1. The number of amides is 1. The Morgan fingerprint density at radius 1 is 1.08 bits per heavy atom. The van der Waals surface area contributed by atoms with Crippen molar-refractivity contribution in [3.8, 4) is 0 Å². The molecule has 0 bridgehead atoms. The van der Waals surface area contributed by atoms with Crippen molar-refractivity contribution in [2.75, 3.05) is 21.9 Å². The lowest BCUT2D eigenvalue weighted by Gasteiger charge is -2.17. The zero-order chi connectivity index (χ0) is 18.1. The van der Waals surface area contributed by atoms with Crippen LogP contribution in [-0.2, 0) is 10.0 Å². The lowest BCUT2D eigenvalue weighted by Crippen LogP contribution is -2.25. The molecule has 0 unspecified atom stereocenters. The molecule has 4 rings (SSSR count). The van der Waals surface area contributed by atoms with E-state index in [1.165, 1.54) is 4.31 Å². The predicted molar refractivity (Wildman–Crippen MR) is 102 cm³/mol. The number of hydrogen-bond donors (Lipinski definition) is 1. The zero-order valence-electron chi connectivity index (χ0n) is 13.9. The molecule has 1 aliphatic heterocycles. The molecule has 0 atom stereocenters. The molecule has 26 heavy (non-hydrogen) atoms. The molecule has 1 amide bonds. The molecule has 132 valence electrons. The number of anilines is 2. The number of fused-ring (bicyclic) bond motifs is 1. The van der Waals surface area contributed by atoms with Gasteiger partial charge in [-0.1, -0.05) is 12.1 Å². The quantitative estimate of drug-likeness (QED) is 0.772. The summed E-state index contributed by atoms with van der Waals surface area (Å²) in [6.45, 7) is 0.484. The van der Waals surface area contributed by atoms with E-state index in [-0.39, 0.29) is 11.7 Å². The van der Waals surface area contributed by atoms with Crippen molar-refractivity contribution in [2.24, 2.45) is 0 Å². The van der Waals surface area contributed by atoms with E-state index in [0.717, 1.165) is 10.9 Å². The summed E-state index contributed by atoms with van der Waals surface area (Å²) < 4.78 is 25.3. The Morgan fingerprint density at radius 2 is 1.88 bits per heavy atom. The van der Waals surface area contributed by atoms with Crippen molar-refractivity contribution in [2.45, 2.75) is 6.42 Å². The third kappa shape index (κ3) is 3.13. The highest BCUT2D eigenvalue weighted by atomic mass is 32.2. The minimum absolute atomic E-state index is 0.172. The number of benzene rings is 2. The fraction of sp³-hybridized carbons (Fsp3) is 0.158. The number of rotatable bonds is 3. The van der Waals surface area contributed by atoms with Crippen LogP contribution in [0, 0.1) is 0 Å². The van der Waals surface area contributed by atoms with Gasteiger partial charge in [0, 0.05) is 29.4 Å². The molecule has 3 aromatic rings. The molecular weight excluding hydrogens is 350 g/mol. The first-order valence-corrected chi connectivity index (χ1v) is 9.90. The topological polar surface area (TPSA) is 79.4 Å². The van der Waals surface area contributed by atoms with Gasteiger partial charge in [-0.05, 0) is 48.9 Å². The molecule has 2 aromatic carbocycles. The summed E-state index contributed by atoms with van der Waals surface area (Å²) in [5.74, 6) is -0.0817. The molecule has 2 heterocycles. The van der Waals surface area contributed by atoms with Crippen LogP contribution in [0.1, 0.15) is 16.8 Å². The molecule has 1 saturated heterocycles. The van der Waals surface area contributed by atoms with E-state index in [1.807, 2.05) is 30.3 Å². The standard InChI is InChI=1S/C19H17N3O3S/c23-19(21-16-7-4-14-3-1-10-20-18(14)13-16)15-5-8-17(9-6-15)22-11-2-12-26(22,24)25/h1,3-10,13H,2,11-12H2,(H,21,23). The number of carbonyl (C=O) groups is 1. The highest BCUT2D eigenvalue weighted by Gasteiger charge is 2.28. The summed E-state index contributed by atoms with van der Waals surface area (Å²) in [5, 5.41) is 3.85. The van der Waals surface area contributed by atoms with Gasteiger partial charge in [-0.15, -0.1) is 0 Å². The Bertz CT molecular complexity index is 1080. The van der Waals surface area contributed by atoms with Gasteiger partial charge in [0.15, 0.2) is 0 Å². The first-order chi connectivity index (χ1) is 12.5. The summed E-state index contributed by atoms with van der Waals surface area (Å²) in [6.07, 6.45) is 2.33. The van der Waals surface area contributed by atoms with E-state index < -0.39 is 10.0 Å². The number of pyridine rings is 1. The van der Waals surface area contributed by atoms with Crippen molar-refractivity contribution in [3.63, 3.8) is 0 Å². The summed E-state index contributed by atoms with van der Waals surface area (Å²) in [5.41, 5.74) is 2.52. The van der Waals surface area contributed by atoms with E-state index in [2.05, 4.69) is 10.3 Å². The van der Waals surface area contributed by atoms with Gasteiger partial charge >= 0.3 is 0 Å². The molecular formula is C19H17N3O3S. The molecule has 0 aliphatic carbocycles. The number of aromatic nitrogens is 1. The predicted octanol–water partition coefficient (Wildman–Crippen LogP) is 3.03. The summed E-state index contributed by atoms with van der Waals surface area (Å²) in [6, 6.07) is 16.0. The van der Waals surface area contributed by atoms with Crippen molar-refractivity contribution in [1.82, 2.24) is 4.98 Å². The smallest absolute Gasteiger partial charge is 0.255 e. The molecule has 1 fully saturated rings. The summed E-state index contributed by atoms with van der Waals surface area (Å²) >= 11 is 0. The lowest BCUT2D eigenvalue weighted by molar-refractivity contribution is 0.102. The third-order valence-electron chi connectivity index (χ3n) is 4.38. The number of nitrogens with zero attached hydrogens (tertiary/aromatic N) is 2. The van der Waals surface area contributed by atoms with E-state index in [1.54, 1.807) is 30.5 Å². The average molecular weight is 367 g/mol. The van der Waals surface area contributed by atoms with E-state index in [4.69, 9.17) is 0 Å². The van der Waals surface area contributed by atoms with Gasteiger partial charge in [0.1, 0.15) is 0 Å². The Morgan fingerprint density at radius 3 is 2.62 bits per heavy atom. The minimum Gasteiger partial charge on any atom is -0.322 e. The Balaban J connectivity index is 1.52. The molecule has 7 heteroatoms. The van der Waals surface area contributed by atoms with Crippen LogP contribution in [0.5, 0.6) is 0 Å². The Labute approximate surface area is 151 Å². The van der Waals surface area contributed by atoms with Gasteiger partial charge < -0.3 is 5.32 Å². The molecule has 6 nitrogen and oxygen atoms in total. The maximum atomic E-state index is 12.4. The highest BCUT2D eigenvalue weighted by Crippen LogP contribution is 2.24. The van der Waals surface area contributed by atoms with Crippen molar-refractivity contribution < 1.29 is 13.2 Å². The molecule has 0 spiro atoms. The minimum atomic E-state index is -3.22. The van der Waals surface area contributed by atoms with Crippen molar-refractivity contribution in [3.05, 3.63) is 66.4 Å². The second-order valence-corrected chi connectivity index (χ2v) is 8.17. The molecule has 0 radical (unpaired) electrons. The van der Waals surface area contributed by atoms with Gasteiger partial charge in [-0.3, -0.25) is 14.1 Å². The summed E-state index contributed by atoms with van der Waals surface area (Å²) in [7, 11) is -3.22. The lowest BCUT2D eigenvalue weighted by atomic mass is 10.1. The SMILES string of the molecule is O=C(Nc1ccc2cccnc2c1)c1ccc(N2CCCS2(=O)=O)cc1. The van der Waals surface area contributed by atoms with Crippen molar-refractivity contribution >= 4 is 38.2 Å². The largest absolute Gasteiger partial charge is 0.322 e. The Hall–Kier alpha value is -2.93. The maximum Gasteiger partial charge on any atom is 0.255 e. The van der Waals surface area contributed by atoms with Crippen LogP contribution in [0.4, 0.5) is 11.4 Å². The monoisotopic (exact) mass is 367 g/mol. The number of hydrogen-bond acceptors (Lipinski definition) is 4. The number of nitrogens with one attached hydrogen (secondary N) is 1. The average Bonchev–Trinajstić information content (AvgIpc) is 3.01. The van der Waals surface area contributed by atoms with E-state index in [0.29, 0.717) is 29.9 Å². The third-order valence-corrected chi connectivity index (χ3v) is 6.25.